The van der Waals surface area contributed by atoms with Crippen molar-refractivity contribution in [2.24, 2.45) is 11.1 Å². The predicted molar refractivity (Wildman–Crippen MR) is 114 cm³/mol. The number of rotatable bonds is 5. The van der Waals surface area contributed by atoms with Crippen LogP contribution in [0.2, 0.25) is 0 Å². The third kappa shape index (κ3) is 3.98. The van der Waals surface area contributed by atoms with E-state index in [4.69, 9.17) is 5.14 Å². The highest BCUT2D eigenvalue weighted by Gasteiger charge is 2.24. The van der Waals surface area contributed by atoms with Crippen LogP contribution in [0.15, 0.2) is 35.2 Å². The average molecular weight is 402 g/mol. The molecule has 1 aromatic carbocycles. The standard InChI is InChI=1S/C22H31N3O2S/c1-17-22(28(23,26)27)15-21(25(17)16-18-8-3-2-4-9-18)19-10-7-11-20(14-19)24-12-5-6-13-24/h7,10-11,14-15,18H,2-6,8-9,12-13,16H2,1H3,(H2,23,26,27). The van der Waals surface area contributed by atoms with E-state index >= 15 is 0 Å². The highest BCUT2D eigenvalue weighted by Crippen LogP contribution is 2.34. The number of primary sulfonamides is 1. The third-order valence-electron chi connectivity index (χ3n) is 6.41. The van der Waals surface area contributed by atoms with Gasteiger partial charge < -0.3 is 9.47 Å². The Balaban J connectivity index is 1.75. The van der Waals surface area contributed by atoms with Gasteiger partial charge in [0.05, 0.1) is 0 Å². The van der Waals surface area contributed by atoms with Crippen molar-refractivity contribution in [2.75, 3.05) is 18.0 Å². The molecule has 0 unspecified atom stereocenters. The van der Waals surface area contributed by atoms with Gasteiger partial charge in [-0.15, -0.1) is 0 Å². The summed E-state index contributed by atoms with van der Waals surface area (Å²) in [6, 6.07) is 10.3. The van der Waals surface area contributed by atoms with E-state index in [0.717, 1.165) is 36.6 Å². The molecule has 0 bridgehead atoms. The Bertz CT molecular complexity index is 937. The summed E-state index contributed by atoms with van der Waals surface area (Å²) < 4.78 is 26.5. The van der Waals surface area contributed by atoms with Crippen LogP contribution in [0.3, 0.4) is 0 Å². The maximum Gasteiger partial charge on any atom is 0.239 e. The lowest BCUT2D eigenvalue weighted by molar-refractivity contribution is 0.318. The lowest BCUT2D eigenvalue weighted by atomic mass is 9.89. The molecule has 152 valence electrons. The van der Waals surface area contributed by atoms with E-state index in [1.165, 1.54) is 50.6 Å². The summed E-state index contributed by atoms with van der Waals surface area (Å²) in [5.74, 6) is 0.605. The van der Waals surface area contributed by atoms with Gasteiger partial charge in [0.25, 0.3) is 0 Å². The smallest absolute Gasteiger partial charge is 0.239 e. The van der Waals surface area contributed by atoms with E-state index in [1.54, 1.807) is 6.07 Å². The monoisotopic (exact) mass is 401 g/mol. The van der Waals surface area contributed by atoms with Crippen molar-refractivity contribution in [3.63, 3.8) is 0 Å². The van der Waals surface area contributed by atoms with Gasteiger partial charge in [0.15, 0.2) is 0 Å². The van der Waals surface area contributed by atoms with Gasteiger partial charge in [-0.3, -0.25) is 0 Å². The maximum absolute atomic E-state index is 12.2. The van der Waals surface area contributed by atoms with Crippen LogP contribution in [0.1, 0.15) is 50.6 Å². The summed E-state index contributed by atoms with van der Waals surface area (Å²) in [4.78, 5) is 2.66. The predicted octanol–water partition coefficient (Wildman–Crippen LogP) is 4.29. The lowest BCUT2D eigenvalue weighted by Crippen LogP contribution is -2.18. The molecular formula is C22H31N3O2S. The fraction of sp³-hybridized carbons (Fsp3) is 0.545. The van der Waals surface area contributed by atoms with Gasteiger partial charge in [-0.2, -0.15) is 0 Å². The summed E-state index contributed by atoms with van der Waals surface area (Å²) in [5.41, 5.74) is 4.01. The molecule has 2 aliphatic rings. The van der Waals surface area contributed by atoms with Crippen LogP contribution in [0.5, 0.6) is 0 Å². The molecule has 4 rings (SSSR count). The molecule has 1 aliphatic carbocycles. The topological polar surface area (TPSA) is 68.3 Å². The molecule has 1 aromatic heterocycles. The van der Waals surface area contributed by atoms with E-state index in [9.17, 15) is 8.42 Å². The molecular weight excluding hydrogens is 370 g/mol. The Kier molecular flexibility index (Phi) is 5.52. The molecule has 6 heteroatoms. The maximum atomic E-state index is 12.2. The first-order chi connectivity index (χ1) is 13.4. The molecule has 2 heterocycles. The van der Waals surface area contributed by atoms with Crippen LogP contribution in [0, 0.1) is 12.8 Å². The number of aromatic nitrogens is 1. The molecule has 2 N–H and O–H groups in total. The first-order valence-electron chi connectivity index (χ1n) is 10.5. The quantitative estimate of drug-likeness (QED) is 0.812. The van der Waals surface area contributed by atoms with Gasteiger partial charge >= 0.3 is 0 Å². The Morgan fingerprint density at radius 1 is 1.04 bits per heavy atom. The molecule has 0 atom stereocenters. The van der Waals surface area contributed by atoms with E-state index in [-0.39, 0.29) is 4.90 Å². The van der Waals surface area contributed by atoms with Crippen LogP contribution >= 0.6 is 0 Å². The molecule has 28 heavy (non-hydrogen) atoms. The normalized spacial score (nSPS) is 18.7. The van der Waals surface area contributed by atoms with Gasteiger partial charge in [-0.1, -0.05) is 31.4 Å². The van der Waals surface area contributed by atoms with Crippen molar-refractivity contribution in [1.29, 1.82) is 0 Å². The molecule has 1 aliphatic heterocycles. The van der Waals surface area contributed by atoms with E-state index in [0.29, 0.717) is 5.92 Å². The lowest BCUT2D eigenvalue weighted by Gasteiger charge is -2.24. The number of sulfonamides is 1. The first-order valence-corrected chi connectivity index (χ1v) is 12.1. The average Bonchev–Trinajstić information content (AvgIpc) is 3.32. The zero-order chi connectivity index (χ0) is 19.7. The molecule has 1 saturated carbocycles. The molecule has 0 radical (unpaired) electrons. The minimum Gasteiger partial charge on any atom is -0.372 e. The molecule has 5 nitrogen and oxygen atoms in total. The Morgan fingerprint density at radius 2 is 1.75 bits per heavy atom. The van der Waals surface area contributed by atoms with Gasteiger partial charge in [0.1, 0.15) is 4.90 Å². The van der Waals surface area contributed by atoms with Gasteiger partial charge in [0, 0.05) is 42.3 Å². The van der Waals surface area contributed by atoms with Crippen molar-refractivity contribution in [1.82, 2.24) is 4.57 Å². The SMILES string of the molecule is Cc1c(S(N)(=O)=O)cc(-c2cccc(N3CCCC3)c2)n1CC1CCCCC1. The van der Waals surface area contributed by atoms with Gasteiger partial charge in [0.2, 0.25) is 10.0 Å². The number of hydrogen-bond donors (Lipinski definition) is 1. The molecule has 0 amide bonds. The second-order valence-electron chi connectivity index (χ2n) is 8.38. The second-order valence-corrected chi connectivity index (χ2v) is 9.91. The fourth-order valence-electron chi connectivity index (χ4n) is 4.85. The largest absolute Gasteiger partial charge is 0.372 e. The first kappa shape index (κ1) is 19.5. The Morgan fingerprint density at radius 3 is 2.43 bits per heavy atom. The molecule has 2 fully saturated rings. The van der Waals surface area contributed by atoms with E-state index < -0.39 is 10.0 Å². The highest BCUT2D eigenvalue weighted by molar-refractivity contribution is 7.89. The highest BCUT2D eigenvalue weighted by atomic mass is 32.2. The van der Waals surface area contributed by atoms with Crippen molar-refractivity contribution in [3.05, 3.63) is 36.0 Å². The van der Waals surface area contributed by atoms with Crippen molar-refractivity contribution >= 4 is 15.7 Å². The van der Waals surface area contributed by atoms with Crippen LogP contribution in [-0.2, 0) is 16.6 Å². The summed E-state index contributed by atoms with van der Waals surface area (Å²) in [7, 11) is -3.74. The van der Waals surface area contributed by atoms with Crippen molar-refractivity contribution in [2.45, 2.75) is 63.3 Å². The van der Waals surface area contributed by atoms with Crippen LogP contribution in [0.25, 0.3) is 11.3 Å². The number of anilines is 1. The molecule has 0 spiro atoms. The minimum absolute atomic E-state index is 0.255. The van der Waals surface area contributed by atoms with E-state index in [1.807, 2.05) is 6.92 Å². The van der Waals surface area contributed by atoms with Crippen LogP contribution in [0.4, 0.5) is 5.69 Å². The zero-order valence-corrected chi connectivity index (χ0v) is 17.5. The van der Waals surface area contributed by atoms with Gasteiger partial charge in [-0.05, 0) is 56.7 Å². The fourth-order valence-corrected chi connectivity index (χ4v) is 5.65. The second kappa shape index (κ2) is 7.91. The van der Waals surface area contributed by atoms with Gasteiger partial charge in [-0.25, -0.2) is 13.6 Å². The zero-order valence-electron chi connectivity index (χ0n) is 16.7. The minimum atomic E-state index is -3.74. The molecule has 1 saturated heterocycles. The number of nitrogens with zero attached hydrogens (tertiary/aromatic N) is 2. The van der Waals surface area contributed by atoms with Crippen molar-refractivity contribution in [3.8, 4) is 11.3 Å². The Hall–Kier alpha value is -1.79. The summed E-state index contributed by atoms with van der Waals surface area (Å²) in [6.07, 6.45) is 8.76. The van der Waals surface area contributed by atoms with E-state index in [2.05, 4.69) is 33.7 Å². The summed E-state index contributed by atoms with van der Waals surface area (Å²) in [6.45, 7) is 4.93. The van der Waals surface area contributed by atoms with Crippen molar-refractivity contribution < 1.29 is 8.42 Å². The number of benzene rings is 1. The molecule has 2 aromatic rings. The number of hydrogen-bond acceptors (Lipinski definition) is 3. The summed E-state index contributed by atoms with van der Waals surface area (Å²) >= 11 is 0. The van der Waals surface area contributed by atoms with Crippen LogP contribution in [-0.4, -0.2) is 26.1 Å². The number of nitrogens with two attached hydrogens (primary N) is 1. The Labute approximate surface area is 168 Å². The van der Waals surface area contributed by atoms with Crippen LogP contribution < -0.4 is 10.0 Å². The summed E-state index contributed by atoms with van der Waals surface area (Å²) in [5, 5.41) is 5.53. The third-order valence-corrected chi connectivity index (χ3v) is 7.43.